The minimum atomic E-state index is 0.483. The molecule has 82 valence electrons. The van der Waals surface area contributed by atoms with Crippen molar-refractivity contribution < 1.29 is 4.52 Å². The summed E-state index contributed by atoms with van der Waals surface area (Å²) in [7, 11) is 0. The Bertz CT molecular complexity index is 304. The topological polar surface area (TPSA) is 38.1 Å². The Morgan fingerprint density at radius 2 is 2.20 bits per heavy atom. The molecule has 15 heavy (non-hydrogen) atoms. The fraction of sp³-hybridized carbons (Fsp3) is 0.750. The molecule has 2 heterocycles. The summed E-state index contributed by atoms with van der Waals surface area (Å²) in [5.41, 5.74) is 0.483. The molecule has 0 bridgehead atoms. The Kier molecular flexibility index (Phi) is 2.28. The lowest BCUT2D eigenvalue weighted by molar-refractivity contribution is 0.222. The van der Waals surface area contributed by atoms with E-state index in [1.165, 1.54) is 45.1 Å². The normalized spacial score (nSPS) is 36.1. The van der Waals surface area contributed by atoms with Crippen molar-refractivity contribution in [2.24, 2.45) is 0 Å². The van der Waals surface area contributed by atoms with Crippen molar-refractivity contribution >= 4 is 0 Å². The fourth-order valence-electron chi connectivity index (χ4n) is 3.19. The molecule has 1 aromatic heterocycles. The number of hydrogen-bond acceptors (Lipinski definition) is 3. The van der Waals surface area contributed by atoms with Gasteiger partial charge in [0.1, 0.15) is 5.76 Å². The van der Waals surface area contributed by atoms with Crippen LogP contribution in [0.2, 0.25) is 0 Å². The highest BCUT2D eigenvalue weighted by atomic mass is 16.5. The Morgan fingerprint density at radius 3 is 2.80 bits per heavy atom. The first kappa shape index (κ1) is 9.40. The van der Waals surface area contributed by atoms with Gasteiger partial charge in [-0.15, -0.1) is 0 Å². The van der Waals surface area contributed by atoms with Gasteiger partial charge >= 0.3 is 0 Å². The van der Waals surface area contributed by atoms with Gasteiger partial charge in [-0.05, 0) is 45.1 Å². The number of nitrogens with one attached hydrogen (secondary N) is 1. The van der Waals surface area contributed by atoms with Crippen LogP contribution in [0.15, 0.2) is 16.8 Å². The molecule has 1 aliphatic heterocycles. The molecule has 1 saturated heterocycles. The van der Waals surface area contributed by atoms with Gasteiger partial charge in [0.2, 0.25) is 0 Å². The maximum absolute atomic E-state index is 5.25. The number of hydrogen-bond donors (Lipinski definition) is 1. The molecular formula is C12H18N2O. The number of aromatic nitrogens is 1. The molecule has 2 fully saturated rings. The minimum Gasteiger partial charge on any atom is -0.361 e. The zero-order chi connectivity index (χ0) is 10.1. The van der Waals surface area contributed by atoms with Crippen LogP contribution in [0.1, 0.15) is 50.2 Å². The van der Waals surface area contributed by atoms with Crippen LogP contribution >= 0.6 is 0 Å². The van der Waals surface area contributed by atoms with Crippen LogP contribution in [0.5, 0.6) is 0 Å². The lowest BCUT2D eigenvalue weighted by Crippen LogP contribution is -2.42. The smallest absolute Gasteiger partial charge is 0.139 e. The average Bonchev–Trinajstić information content (AvgIpc) is 2.91. The third-order valence-electron chi connectivity index (χ3n) is 4.13. The monoisotopic (exact) mass is 206 g/mol. The Hall–Kier alpha value is -0.830. The Balaban J connectivity index is 1.65. The van der Waals surface area contributed by atoms with Crippen molar-refractivity contribution in [2.45, 2.75) is 50.0 Å². The van der Waals surface area contributed by atoms with Crippen molar-refractivity contribution in [3.05, 3.63) is 18.0 Å². The van der Waals surface area contributed by atoms with Crippen LogP contribution in [-0.2, 0) is 0 Å². The van der Waals surface area contributed by atoms with E-state index in [-0.39, 0.29) is 0 Å². The van der Waals surface area contributed by atoms with Crippen LogP contribution in [0.4, 0.5) is 0 Å². The molecule has 1 saturated carbocycles. The second-order valence-electron chi connectivity index (χ2n) is 5.00. The lowest BCUT2D eigenvalue weighted by Gasteiger charge is -2.36. The van der Waals surface area contributed by atoms with E-state index >= 15 is 0 Å². The van der Waals surface area contributed by atoms with Crippen molar-refractivity contribution in [1.82, 2.24) is 10.5 Å². The summed E-state index contributed by atoms with van der Waals surface area (Å²) in [6.45, 7) is 1.22. The van der Waals surface area contributed by atoms with Crippen LogP contribution in [-0.4, -0.2) is 17.2 Å². The third-order valence-corrected chi connectivity index (χ3v) is 4.13. The molecule has 0 atom stereocenters. The highest BCUT2D eigenvalue weighted by molar-refractivity contribution is 5.07. The van der Waals surface area contributed by atoms with E-state index in [1.807, 2.05) is 6.07 Å². The van der Waals surface area contributed by atoms with Crippen molar-refractivity contribution in [2.75, 3.05) is 6.54 Å². The number of nitrogens with zero attached hydrogens (tertiary/aromatic N) is 1. The standard InChI is InChI=1S/C12H18N2O/c1-5-12(13-8-1)6-2-10(3-7-12)11-4-9-14-15-11/h4,9-10,13H,1-3,5-8H2. The van der Waals surface area contributed by atoms with Gasteiger partial charge in [0, 0.05) is 17.5 Å². The van der Waals surface area contributed by atoms with Gasteiger partial charge in [-0.1, -0.05) is 5.16 Å². The molecule has 3 rings (SSSR count). The maximum atomic E-state index is 5.25. The molecule has 2 aliphatic rings. The van der Waals surface area contributed by atoms with Gasteiger partial charge in [0.15, 0.2) is 0 Å². The van der Waals surface area contributed by atoms with Gasteiger partial charge in [-0.2, -0.15) is 0 Å². The Morgan fingerprint density at radius 1 is 1.33 bits per heavy atom. The Labute approximate surface area is 90.2 Å². The summed E-state index contributed by atoms with van der Waals surface area (Å²) in [5.74, 6) is 1.70. The van der Waals surface area contributed by atoms with E-state index < -0.39 is 0 Å². The fourth-order valence-corrected chi connectivity index (χ4v) is 3.19. The predicted molar refractivity (Wildman–Crippen MR) is 57.7 cm³/mol. The van der Waals surface area contributed by atoms with Gasteiger partial charge in [0.25, 0.3) is 0 Å². The zero-order valence-electron chi connectivity index (χ0n) is 9.04. The van der Waals surface area contributed by atoms with Gasteiger partial charge < -0.3 is 9.84 Å². The summed E-state index contributed by atoms with van der Waals surface area (Å²) >= 11 is 0. The second kappa shape index (κ2) is 3.63. The SMILES string of the molecule is c1cc(C2CCC3(CCCN3)CC2)on1. The molecule has 1 spiro atoms. The summed E-state index contributed by atoms with van der Waals surface area (Å²) in [6.07, 6.45) is 9.59. The first-order valence-electron chi connectivity index (χ1n) is 6.04. The van der Waals surface area contributed by atoms with E-state index in [0.717, 1.165) is 5.76 Å². The number of rotatable bonds is 1. The molecule has 3 heteroatoms. The average molecular weight is 206 g/mol. The zero-order valence-corrected chi connectivity index (χ0v) is 9.04. The molecule has 0 radical (unpaired) electrons. The van der Waals surface area contributed by atoms with E-state index in [2.05, 4.69) is 10.5 Å². The van der Waals surface area contributed by atoms with Crippen molar-refractivity contribution in [3.63, 3.8) is 0 Å². The lowest BCUT2D eigenvalue weighted by atomic mass is 9.75. The summed E-state index contributed by atoms with van der Waals surface area (Å²) in [5, 5.41) is 7.49. The quantitative estimate of drug-likeness (QED) is 0.767. The first-order chi connectivity index (χ1) is 7.38. The van der Waals surface area contributed by atoms with Crippen LogP contribution in [0.25, 0.3) is 0 Å². The van der Waals surface area contributed by atoms with Gasteiger partial charge in [-0.25, -0.2) is 0 Å². The molecule has 1 N–H and O–H groups in total. The van der Waals surface area contributed by atoms with E-state index in [0.29, 0.717) is 11.5 Å². The van der Waals surface area contributed by atoms with Crippen LogP contribution < -0.4 is 5.32 Å². The molecule has 0 unspecified atom stereocenters. The largest absolute Gasteiger partial charge is 0.361 e. The van der Waals surface area contributed by atoms with Crippen molar-refractivity contribution in [3.8, 4) is 0 Å². The van der Waals surface area contributed by atoms with Crippen molar-refractivity contribution in [1.29, 1.82) is 0 Å². The third kappa shape index (κ3) is 1.69. The van der Waals surface area contributed by atoms with Gasteiger partial charge in [0.05, 0.1) is 6.20 Å². The minimum absolute atomic E-state index is 0.483. The summed E-state index contributed by atoms with van der Waals surface area (Å²) < 4.78 is 5.25. The van der Waals surface area contributed by atoms with E-state index in [4.69, 9.17) is 4.52 Å². The van der Waals surface area contributed by atoms with Crippen LogP contribution in [0.3, 0.4) is 0 Å². The molecule has 0 amide bonds. The summed E-state index contributed by atoms with van der Waals surface area (Å²) in [6, 6.07) is 2.02. The molecule has 3 nitrogen and oxygen atoms in total. The highest BCUT2D eigenvalue weighted by Crippen LogP contribution is 2.41. The molecule has 0 aromatic carbocycles. The predicted octanol–water partition coefficient (Wildman–Crippen LogP) is 2.45. The molecular weight excluding hydrogens is 188 g/mol. The highest BCUT2D eigenvalue weighted by Gasteiger charge is 2.38. The molecule has 1 aromatic rings. The van der Waals surface area contributed by atoms with E-state index in [1.54, 1.807) is 6.20 Å². The maximum Gasteiger partial charge on any atom is 0.139 e. The molecule has 1 aliphatic carbocycles. The van der Waals surface area contributed by atoms with Gasteiger partial charge in [-0.3, -0.25) is 0 Å². The summed E-state index contributed by atoms with van der Waals surface area (Å²) in [4.78, 5) is 0. The second-order valence-corrected chi connectivity index (χ2v) is 5.00. The first-order valence-corrected chi connectivity index (χ1v) is 6.04. The van der Waals surface area contributed by atoms with Crippen LogP contribution in [0, 0.1) is 0 Å². The van der Waals surface area contributed by atoms with E-state index in [9.17, 15) is 0 Å².